The number of hydrogen-bond donors (Lipinski definition) is 3. The molecule has 3 N–H and O–H groups in total. The summed E-state index contributed by atoms with van der Waals surface area (Å²) in [5.41, 5.74) is 0. The zero-order chi connectivity index (χ0) is 14.5. The second-order valence-corrected chi connectivity index (χ2v) is 6.13. The van der Waals surface area contributed by atoms with Crippen LogP contribution in [0.3, 0.4) is 0 Å². The molecular formula is C14H26N4O2. The minimum atomic E-state index is -0.403. The van der Waals surface area contributed by atoms with Crippen LogP contribution in [-0.4, -0.2) is 54.6 Å². The van der Waals surface area contributed by atoms with E-state index in [4.69, 9.17) is 0 Å². The molecule has 1 atom stereocenters. The maximum atomic E-state index is 11.9. The van der Waals surface area contributed by atoms with Gasteiger partial charge in [0.15, 0.2) is 0 Å². The van der Waals surface area contributed by atoms with Crippen molar-refractivity contribution in [2.45, 2.75) is 57.7 Å². The monoisotopic (exact) mass is 282 g/mol. The molecule has 2 aliphatic rings. The molecule has 0 aromatic heterocycles. The van der Waals surface area contributed by atoms with Gasteiger partial charge in [0.05, 0.1) is 6.54 Å². The van der Waals surface area contributed by atoms with Crippen LogP contribution in [-0.2, 0) is 4.79 Å². The Hall–Kier alpha value is -1.14. The van der Waals surface area contributed by atoms with Crippen molar-refractivity contribution in [3.05, 3.63) is 0 Å². The minimum Gasteiger partial charge on any atom is -0.336 e. The summed E-state index contributed by atoms with van der Waals surface area (Å²) in [6.45, 7) is 6.03. The number of imide groups is 1. The van der Waals surface area contributed by atoms with Gasteiger partial charge in [-0.05, 0) is 46.1 Å². The average Bonchev–Trinajstić information content (AvgIpc) is 3.06. The summed E-state index contributed by atoms with van der Waals surface area (Å²) in [5, 5.41) is 8.52. The van der Waals surface area contributed by atoms with E-state index in [2.05, 4.69) is 20.9 Å². The summed E-state index contributed by atoms with van der Waals surface area (Å²) in [7, 11) is 0. The molecule has 114 valence electrons. The van der Waals surface area contributed by atoms with E-state index >= 15 is 0 Å². The number of nitrogens with zero attached hydrogens (tertiary/aromatic N) is 1. The lowest BCUT2D eigenvalue weighted by atomic mass is 10.2. The smallest absolute Gasteiger partial charge is 0.321 e. The Morgan fingerprint density at radius 1 is 1.30 bits per heavy atom. The second kappa shape index (κ2) is 7.04. The Labute approximate surface area is 120 Å². The van der Waals surface area contributed by atoms with Gasteiger partial charge in [0.2, 0.25) is 5.91 Å². The predicted octanol–water partition coefficient (Wildman–Crippen LogP) is 0.437. The lowest BCUT2D eigenvalue weighted by Crippen LogP contribution is -2.48. The first-order valence-electron chi connectivity index (χ1n) is 7.62. The fourth-order valence-electron chi connectivity index (χ4n) is 2.63. The fraction of sp³-hybridized carbons (Fsp3) is 0.857. The third kappa shape index (κ3) is 5.09. The van der Waals surface area contributed by atoms with E-state index in [-0.39, 0.29) is 11.9 Å². The molecule has 0 spiro atoms. The summed E-state index contributed by atoms with van der Waals surface area (Å²) in [5.74, 6) is -0.215. The topological polar surface area (TPSA) is 73.5 Å². The molecule has 1 aliphatic carbocycles. The lowest BCUT2D eigenvalue weighted by Gasteiger charge is -2.24. The first kappa shape index (κ1) is 15.3. The number of rotatable bonds is 6. The van der Waals surface area contributed by atoms with Crippen LogP contribution in [0.15, 0.2) is 0 Å². The largest absolute Gasteiger partial charge is 0.336 e. The van der Waals surface area contributed by atoms with Gasteiger partial charge in [-0.25, -0.2) is 4.79 Å². The third-order valence-corrected chi connectivity index (χ3v) is 3.70. The molecule has 6 nitrogen and oxygen atoms in total. The van der Waals surface area contributed by atoms with E-state index in [0.717, 1.165) is 25.9 Å². The van der Waals surface area contributed by atoms with Crippen molar-refractivity contribution < 1.29 is 9.59 Å². The van der Waals surface area contributed by atoms with E-state index in [9.17, 15) is 9.59 Å². The quantitative estimate of drug-likeness (QED) is 0.661. The molecule has 3 amide bonds. The molecule has 20 heavy (non-hydrogen) atoms. The molecule has 1 saturated carbocycles. The zero-order valence-corrected chi connectivity index (χ0v) is 12.4. The average molecular weight is 282 g/mol. The van der Waals surface area contributed by atoms with Crippen LogP contribution in [0.25, 0.3) is 0 Å². The molecule has 0 bridgehead atoms. The Kier molecular flexibility index (Phi) is 5.37. The molecule has 1 unspecified atom stereocenters. The Morgan fingerprint density at radius 2 is 2.05 bits per heavy atom. The van der Waals surface area contributed by atoms with Gasteiger partial charge >= 0.3 is 6.03 Å². The highest BCUT2D eigenvalue weighted by atomic mass is 16.2. The maximum Gasteiger partial charge on any atom is 0.321 e. The van der Waals surface area contributed by atoms with Crippen LogP contribution in [0.1, 0.15) is 39.5 Å². The summed E-state index contributed by atoms with van der Waals surface area (Å²) < 4.78 is 0. The van der Waals surface area contributed by atoms with Crippen molar-refractivity contribution in [1.29, 1.82) is 0 Å². The Balaban J connectivity index is 1.75. The zero-order valence-electron chi connectivity index (χ0n) is 12.4. The van der Waals surface area contributed by atoms with Gasteiger partial charge in [-0.3, -0.25) is 15.0 Å². The molecule has 0 aromatic rings. The van der Waals surface area contributed by atoms with Gasteiger partial charge < -0.3 is 10.6 Å². The first-order chi connectivity index (χ1) is 9.54. The van der Waals surface area contributed by atoms with Crippen LogP contribution in [0.5, 0.6) is 0 Å². The molecule has 0 aromatic carbocycles. The lowest BCUT2D eigenvalue weighted by molar-refractivity contribution is -0.121. The number of hydrogen-bond acceptors (Lipinski definition) is 4. The van der Waals surface area contributed by atoms with Gasteiger partial charge in [0.1, 0.15) is 0 Å². The Bertz CT molecular complexity index is 349. The number of nitrogens with one attached hydrogen (secondary N) is 3. The van der Waals surface area contributed by atoms with Crippen molar-refractivity contribution in [2.75, 3.05) is 19.6 Å². The normalized spacial score (nSPS) is 22.3. The summed E-state index contributed by atoms with van der Waals surface area (Å²) in [4.78, 5) is 25.6. The van der Waals surface area contributed by atoms with Crippen LogP contribution >= 0.6 is 0 Å². The third-order valence-electron chi connectivity index (χ3n) is 3.70. The van der Waals surface area contributed by atoms with E-state index in [1.807, 2.05) is 13.8 Å². The molecule has 6 heteroatoms. The van der Waals surface area contributed by atoms with E-state index in [0.29, 0.717) is 18.6 Å². The van der Waals surface area contributed by atoms with E-state index in [1.54, 1.807) is 0 Å². The molecular weight excluding hydrogens is 256 g/mol. The molecule has 0 radical (unpaired) electrons. The van der Waals surface area contributed by atoms with E-state index in [1.165, 1.54) is 12.8 Å². The van der Waals surface area contributed by atoms with Crippen molar-refractivity contribution >= 4 is 11.9 Å². The number of carbonyl (C=O) groups is 2. The molecule has 2 rings (SSSR count). The second-order valence-electron chi connectivity index (χ2n) is 6.13. The van der Waals surface area contributed by atoms with Crippen molar-refractivity contribution in [1.82, 2.24) is 20.9 Å². The molecule has 1 saturated heterocycles. The number of carbonyl (C=O) groups excluding carboxylic acids is 2. The summed E-state index contributed by atoms with van der Waals surface area (Å²) >= 11 is 0. The highest BCUT2D eigenvalue weighted by Gasteiger charge is 2.32. The molecule has 2 fully saturated rings. The van der Waals surface area contributed by atoms with Gasteiger partial charge in [-0.1, -0.05) is 0 Å². The van der Waals surface area contributed by atoms with Crippen LogP contribution < -0.4 is 16.0 Å². The van der Waals surface area contributed by atoms with Crippen molar-refractivity contribution in [3.63, 3.8) is 0 Å². The predicted molar refractivity (Wildman–Crippen MR) is 77.4 cm³/mol. The van der Waals surface area contributed by atoms with Crippen LogP contribution in [0.2, 0.25) is 0 Å². The number of urea groups is 1. The molecule has 1 aliphatic heterocycles. The summed E-state index contributed by atoms with van der Waals surface area (Å²) in [6.07, 6.45) is 4.72. The van der Waals surface area contributed by atoms with E-state index < -0.39 is 6.03 Å². The minimum absolute atomic E-state index is 0.0324. The van der Waals surface area contributed by atoms with Gasteiger partial charge in [-0.2, -0.15) is 0 Å². The van der Waals surface area contributed by atoms with Gasteiger partial charge in [0.25, 0.3) is 0 Å². The first-order valence-corrected chi connectivity index (χ1v) is 7.62. The molecule has 1 heterocycles. The van der Waals surface area contributed by atoms with Crippen LogP contribution in [0, 0.1) is 0 Å². The highest BCUT2D eigenvalue weighted by molar-refractivity contribution is 5.95. The highest BCUT2D eigenvalue weighted by Crippen LogP contribution is 2.27. The van der Waals surface area contributed by atoms with Gasteiger partial charge in [0, 0.05) is 24.7 Å². The SMILES string of the molecule is CC(C)NC(=O)NC(=O)CN(CC1CCCN1)C1CC1. The number of amides is 3. The van der Waals surface area contributed by atoms with Gasteiger partial charge in [-0.15, -0.1) is 0 Å². The maximum absolute atomic E-state index is 11.9. The summed E-state index contributed by atoms with van der Waals surface area (Å²) in [6, 6.07) is 0.647. The van der Waals surface area contributed by atoms with Crippen LogP contribution in [0.4, 0.5) is 4.79 Å². The van der Waals surface area contributed by atoms with Crippen molar-refractivity contribution in [3.8, 4) is 0 Å². The standard InChI is InChI=1S/C14H26N4O2/c1-10(2)16-14(20)17-13(19)9-18(12-5-6-12)8-11-4-3-7-15-11/h10-12,15H,3-9H2,1-2H3,(H2,16,17,19,20). The fourth-order valence-corrected chi connectivity index (χ4v) is 2.63. The Morgan fingerprint density at radius 3 is 2.60 bits per heavy atom. The van der Waals surface area contributed by atoms with Crippen molar-refractivity contribution in [2.24, 2.45) is 0 Å².